The van der Waals surface area contributed by atoms with E-state index < -0.39 is 5.91 Å². The number of amides is 1. The molecule has 0 bridgehead atoms. The molecule has 0 aliphatic carbocycles. The van der Waals surface area contributed by atoms with E-state index in [1.54, 1.807) is 48.5 Å². The minimum absolute atomic E-state index is 0.0455. The van der Waals surface area contributed by atoms with Crippen LogP contribution in [-0.2, 0) is 11.4 Å². The highest BCUT2D eigenvalue weighted by Gasteiger charge is 2.13. The van der Waals surface area contributed by atoms with E-state index in [9.17, 15) is 10.1 Å². The lowest BCUT2D eigenvalue weighted by Crippen LogP contribution is -2.13. The molecule has 3 aromatic carbocycles. The SMILES string of the molecule is COc1ccc(/C=C(\C#N)C(=O)Nc2ccc(C)cc2)cc1OCc1c(Cl)cccc1Cl. The first-order valence-corrected chi connectivity index (χ1v) is 10.4. The van der Waals surface area contributed by atoms with Crippen LogP contribution >= 0.6 is 23.2 Å². The smallest absolute Gasteiger partial charge is 0.266 e. The maximum absolute atomic E-state index is 12.5. The van der Waals surface area contributed by atoms with Gasteiger partial charge in [0.2, 0.25) is 0 Å². The first-order valence-electron chi connectivity index (χ1n) is 9.65. The molecule has 7 heteroatoms. The predicted octanol–water partition coefficient (Wildman–Crippen LogP) is 6.44. The Morgan fingerprint density at radius 3 is 2.38 bits per heavy atom. The average molecular weight is 467 g/mol. The summed E-state index contributed by atoms with van der Waals surface area (Å²) in [6.07, 6.45) is 1.48. The molecular formula is C25H20Cl2N2O3. The van der Waals surface area contributed by atoms with E-state index in [2.05, 4.69) is 5.32 Å². The van der Waals surface area contributed by atoms with Gasteiger partial charge in [0.1, 0.15) is 18.2 Å². The number of hydrogen-bond acceptors (Lipinski definition) is 4. The van der Waals surface area contributed by atoms with Crippen LogP contribution in [0.4, 0.5) is 5.69 Å². The van der Waals surface area contributed by atoms with Gasteiger partial charge in [-0.15, -0.1) is 0 Å². The van der Waals surface area contributed by atoms with Gasteiger partial charge in [-0.3, -0.25) is 4.79 Å². The molecule has 0 aliphatic rings. The summed E-state index contributed by atoms with van der Waals surface area (Å²) < 4.78 is 11.3. The van der Waals surface area contributed by atoms with Crippen molar-refractivity contribution in [1.82, 2.24) is 0 Å². The van der Waals surface area contributed by atoms with Crippen LogP contribution in [0.3, 0.4) is 0 Å². The lowest BCUT2D eigenvalue weighted by atomic mass is 10.1. The molecule has 1 amide bonds. The van der Waals surface area contributed by atoms with Crippen molar-refractivity contribution in [2.24, 2.45) is 0 Å². The number of methoxy groups -OCH3 is 1. The Morgan fingerprint density at radius 2 is 1.75 bits per heavy atom. The Labute approximate surface area is 196 Å². The molecule has 162 valence electrons. The second-order valence-corrected chi connectivity index (χ2v) is 7.70. The summed E-state index contributed by atoms with van der Waals surface area (Å²) in [6, 6.07) is 19.6. The van der Waals surface area contributed by atoms with E-state index in [0.717, 1.165) is 5.56 Å². The number of nitriles is 1. The minimum Gasteiger partial charge on any atom is -0.493 e. The molecule has 0 heterocycles. The van der Waals surface area contributed by atoms with E-state index in [-0.39, 0.29) is 12.2 Å². The zero-order chi connectivity index (χ0) is 23.1. The number of benzene rings is 3. The van der Waals surface area contributed by atoms with Crippen molar-refractivity contribution >= 4 is 40.9 Å². The van der Waals surface area contributed by atoms with Gasteiger partial charge in [0.25, 0.3) is 5.91 Å². The molecule has 0 atom stereocenters. The number of nitrogens with zero attached hydrogens (tertiary/aromatic N) is 1. The summed E-state index contributed by atoms with van der Waals surface area (Å²) in [5, 5.41) is 13.2. The topological polar surface area (TPSA) is 71.3 Å². The van der Waals surface area contributed by atoms with Crippen LogP contribution in [0.15, 0.2) is 66.2 Å². The monoisotopic (exact) mass is 466 g/mol. The third-order valence-electron chi connectivity index (χ3n) is 4.61. The molecule has 0 saturated carbocycles. The van der Waals surface area contributed by atoms with Gasteiger partial charge in [-0.2, -0.15) is 5.26 Å². The summed E-state index contributed by atoms with van der Waals surface area (Å²) >= 11 is 12.4. The van der Waals surface area contributed by atoms with Crippen molar-refractivity contribution in [2.75, 3.05) is 12.4 Å². The van der Waals surface area contributed by atoms with Gasteiger partial charge in [0, 0.05) is 21.3 Å². The fraction of sp³-hybridized carbons (Fsp3) is 0.120. The summed E-state index contributed by atoms with van der Waals surface area (Å²) in [7, 11) is 1.52. The summed E-state index contributed by atoms with van der Waals surface area (Å²) in [4.78, 5) is 12.5. The molecule has 0 spiro atoms. The van der Waals surface area contributed by atoms with Gasteiger partial charge >= 0.3 is 0 Å². The van der Waals surface area contributed by atoms with Crippen LogP contribution in [-0.4, -0.2) is 13.0 Å². The number of halogens is 2. The second kappa shape index (κ2) is 10.7. The summed E-state index contributed by atoms with van der Waals surface area (Å²) in [5.74, 6) is 0.416. The van der Waals surface area contributed by atoms with Gasteiger partial charge in [-0.05, 0) is 55.0 Å². The highest BCUT2D eigenvalue weighted by Crippen LogP contribution is 2.32. The maximum Gasteiger partial charge on any atom is 0.266 e. The normalized spacial score (nSPS) is 10.9. The van der Waals surface area contributed by atoms with Crippen molar-refractivity contribution in [3.63, 3.8) is 0 Å². The Hall–Kier alpha value is -3.46. The van der Waals surface area contributed by atoms with Crippen molar-refractivity contribution < 1.29 is 14.3 Å². The number of ether oxygens (including phenoxy) is 2. The third-order valence-corrected chi connectivity index (χ3v) is 5.32. The van der Waals surface area contributed by atoms with Crippen LogP contribution in [0, 0.1) is 18.3 Å². The molecule has 5 nitrogen and oxygen atoms in total. The van der Waals surface area contributed by atoms with E-state index in [1.807, 2.05) is 25.1 Å². The highest BCUT2D eigenvalue weighted by atomic mass is 35.5. The quantitative estimate of drug-likeness (QED) is 0.321. The van der Waals surface area contributed by atoms with Gasteiger partial charge in [-0.25, -0.2) is 0 Å². The van der Waals surface area contributed by atoms with Crippen molar-refractivity contribution in [3.05, 3.63) is 93.0 Å². The standard InChI is InChI=1S/C25H20Cl2N2O3/c1-16-6-9-19(10-7-16)29-25(30)18(14-28)12-17-8-11-23(31-2)24(13-17)32-15-20-21(26)4-3-5-22(20)27/h3-13H,15H2,1-2H3,(H,29,30)/b18-12+. The van der Waals surface area contributed by atoms with Gasteiger partial charge in [0.15, 0.2) is 11.5 Å². The minimum atomic E-state index is -0.502. The number of anilines is 1. The third kappa shape index (κ3) is 5.82. The molecule has 0 saturated heterocycles. The second-order valence-electron chi connectivity index (χ2n) is 6.89. The van der Waals surface area contributed by atoms with Crippen LogP contribution in [0.2, 0.25) is 10.0 Å². The van der Waals surface area contributed by atoms with Gasteiger partial charge < -0.3 is 14.8 Å². The highest BCUT2D eigenvalue weighted by molar-refractivity contribution is 6.35. The first-order chi connectivity index (χ1) is 15.4. The Kier molecular flexibility index (Phi) is 7.77. The van der Waals surface area contributed by atoms with E-state index in [0.29, 0.717) is 38.4 Å². The molecule has 0 unspecified atom stereocenters. The zero-order valence-corrected chi connectivity index (χ0v) is 19.0. The number of carbonyl (C=O) groups is 1. The predicted molar refractivity (Wildman–Crippen MR) is 127 cm³/mol. The number of aryl methyl sites for hydroxylation is 1. The molecule has 0 aromatic heterocycles. The molecule has 3 aromatic rings. The average Bonchev–Trinajstić information content (AvgIpc) is 2.78. The molecule has 0 aliphatic heterocycles. The lowest BCUT2D eigenvalue weighted by molar-refractivity contribution is -0.112. The zero-order valence-electron chi connectivity index (χ0n) is 17.5. The summed E-state index contributed by atoms with van der Waals surface area (Å²) in [5.41, 5.74) is 2.88. The van der Waals surface area contributed by atoms with Crippen molar-refractivity contribution in [2.45, 2.75) is 13.5 Å². The van der Waals surface area contributed by atoms with Crippen molar-refractivity contribution in [3.8, 4) is 17.6 Å². The van der Waals surface area contributed by atoms with Crippen LogP contribution in [0.25, 0.3) is 6.08 Å². The Morgan fingerprint density at radius 1 is 1.06 bits per heavy atom. The molecule has 32 heavy (non-hydrogen) atoms. The van der Waals surface area contributed by atoms with Gasteiger partial charge in [0.05, 0.1) is 7.11 Å². The fourth-order valence-corrected chi connectivity index (χ4v) is 3.37. The van der Waals surface area contributed by atoms with Crippen LogP contribution in [0.1, 0.15) is 16.7 Å². The number of carbonyl (C=O) groups excluding carboxylic acids is 1. The van der Waals surface area contributed by atoms with Gasteiger partial charge in [-0.1, -0.05) is 53.0 Å². The number of nitrogens with one attached hydrogen (secondary N) is 1. The largest absolute Gasteiger partial charge is 0.493 e. The molecule has 3 rings (SSSR count). The van der Waals surface area contributed by atoms with E-state index >= 15 is 0 Å². The van der Waals surface area contributed by atoms with E-state index in [4.69, 9.17) is 32.7 Å². The maximum atomic E-state index is 12.5. The van der Waals surface area contributed by atoms with Crippen molar-refractivity contribution in [1.29, 1.82) is 5.26 Å². The molecular weight excluding hydrogens is 447 g/mol. The van der Waals surface area contributed by atoms with E-state index in [1.165, 1.54) is 13.2 Å². The lowest BCUT2D eigenvalue weighted by Gasteiger charge is -2.13. The summed E-state index contributed by atoms with van der Waals surface area (Å²) in [6.45, 7) is 2.08. The Balaban J connectivity index is 1.82. The molecule has 1 N–H and O–H groups in total. The molecule has 0 fully saturated rings. The fourth-order valence-electron chi connectivity index (χ4n) is 2.87. The first kappa shape index (κ1) is 23.2. The van der Waals surface area contributed by atoms with Crippen LogP contribution in [0.5, 0.6) is 11.5 Å². The Bertz CT molecular complexity index is 1180. The molecule has 0 radical (unpaired) electrons. The van der Waals surface area contributed by atoms with Crippen LogP contribution < -0.4 is 14.8 Å². The number of hydrogen-bond donors (Lipinski definition) is 1. The number of rotatable bonds is 7.